The van der Waals surface area contributed by atoms with Gasteiger partial charge in [0.25, 0.3) is 0 Å². The molecule has 1 aliphatic rings. The molecule has 0 bridgehead atoms. The van der Waals surface area contributed by atoms with E-state index in [1.807, 2.05) is 6.07 Å². The number of benzene rings is 1. The first-order chi connectivity index (χ1) is 10.6. The maximum atomic E-state index is 11.9. The number of carbonyl (C=O) groups excluding carboxylic acids is 1. The van der Waals surface area contributed by atoms with Crippen molar-refractivity contribution in [2.45, 2.75) is 30.6 Å². The highest BCUT2D eigenvalue weighted by Crippen LogP contribution is 2.24. The van der Waals surface area contributed by atoms with Crippen molar-refractivity contribution in [3.8, 4) is 0 Å². The van der Waals surface area contributed by atoms with Crippen molar-refractivity contribution in [1.29, 1.82) is 0 Å². The van der Waals surface area contributed by atoms with Gasteiger partial charge in [0.15, 0.2) is 6.29 Å². The standard InChI is InChI=1S/C14H20N2O6/c1-21-13-11(19)10(18)12(22-13)9(7-17)16-14(20)15-8-5-3-2-4-6-8/h2-6,9-13,17-19H,7H2,1H3,(H2,15,16,20)/t9-,10-,11+,12+,13+/m0/s1. The lowest BCUT2D eigenvalue weighted by Crippen LogP contribution is -2.51. The third-order valence-corrected chi connectivity index (χ3v) is 3.43. The summed E-state index contributed by atoms with van der Waals surface area (Å²) in [6.07, 6.45) is -4.51. The number of aliphatic hydroxyl groups is 3. The molecule has 1 saturated heterocycles. The van der Waals surface area contributed by atoms with Crippen LogP contribution in [0.4, 0.5) is 10.5 Å². The molecule has 2 amide bonds. The van der Waals surface area contributed by atoms with Crippen LogP contribution in [0.5, 0.6) is 0 Å². The van der Waals surface area contributed by atoms with Crippen molar-refractivity contribution in [3.63, 3.8) is 0 Å². The Morgan fingerprint density at radius 1 is 1.32 bits per heavy atom. The van der Waals surface area contributed by atoms with E-state index in [2.05, 4.69) is 10.6 Å². The summed E-state index contributed by atoms with van der Waals surface area (Å²) in [5, 5.41) is 34.2. The molecular weight excluding hydrogens is 292 g/mol. The summed E-state index contributed by atoms with van der Waals surface area (Å²) in [7, 11) is 1.33. The number of amides is 2. The Balaban J connectivity index is 1.96. The molecule has 0 aromatic heterocycles. The Kier molecular flexibility index (Phi) is 5.69. The molecule has 1 aromatic rings. The molecular formula is C14H20N2O6. The number of methoxy groups -OCH3 is 1. The predicted octanol–water partition coefficient (Wildman–Crippen LogP) is -0.738. The quantitative estimate of drug-likeness (QED) is 0.488. The number of ether oxygens (including phenoxy) is 2. The van der Waals surface area contributed by atoms with E-state index in [1.165, 1.54) is 7.11 Å². The van der Waals surface area contributed by atoms with Gasteiger partial charge in [0.1, 0.15) is 18.3 Å². The van der Waals surface area contributed by atoms with Crippen LogP contribution >= 0.6 is 0 Å². The molecule has 8 heteroatoms. The van der Waals surface area contributed by atoms with Crippen molar-refractivity contribution in [2.75, 3.05) is 19.0 Å². The van der Waals surface area contributed by atoms with E-state index in [9.17, 15) is 20.1 Å². The Morgan fingerprint density at radius 3 is 2.55 bits per heavy atom. The molecule has 0 aliphatic carbocycles. The third-order valence-electron chi connectivity index (χ3n) is 3.43. The average molecular weight is 312 g/mol. The van der Waals surface area contributed by atoms with Gasteiger partial charge in [-0.1, -0.05) is 18.2 Å². The minimum Gasteiger partial charge on any atom is -0.394 e. The van der Waals surface area contributed by atoms with Crippen molar-refractivity contribution < 1.29 is 29.6 Å². The van der Waals surface area contributed by atoms with Gasteiger partial charge in [0.2, 0.25) is 0 Å². The molecule has 5 atom stereocenters. The normalized spacial score (nSPS) is 29.1. The van der Waals surface area contributed by atoms with Gasteiger partial charge in [-0.2, -0.15) is 0 Å². The highest BCUT2D eigenvalue weighted by Gasteiger charge is 2.46. The fourth-order valence-corrected chi connectivity index (χ4v) is 2.29. The molecule has 1 aliphatic heterocycles. The van der Waals surface area contributed by atoms with Gasteiger partial charge in [-0.3, -0.25) is 0 Å². The van der Waals surface area contributed by atoms with Gasteiger partial charge < -0.3 is 35.4 Å². The van der Waals surface area contributed by atoms with Gasteiger partial charge in [0.05, 0.1) is 12.6 Å². The minimum atomic E-state index is -1.28. The maximum Gasteiger partial charge on any atom is 0.319 e. The second-order valence-corrected chi connectivity index (χ2v) is 4.94. The zero-order chi connectivity index (χ0) is 16.1. The van der Waals surface area contributed by atoms with Gasteiger partial charge in [0, 0.05) is 12.8 Å². The lowest BCUT2D eigenvalue weighted by Gasteiger charge is -2.24. The van der Waals surface area contributed by atoms with Crippen molar-refractivity contribution in [3.05, 3.63) is 30.3 Å². The van der Waals surface area contributed by atoms with E-state index in [4.69, 9.17) is 9.47 Å². The van der Waals surface area contributed by atoms with E-state index in [0.29, 0.717) is 5.69 Å². The number of hydrogen-bond acceptors (Lipinski definition) is 6. The number of urea groups is 1. The monoisotopic (exact) mass is 312 g/mol. The van der Waals surface area contributed by atoms with Crippen LogP contribution in [-0.2, 0) is 9.47 Å². The SMILES string of the molecule is CO[C@@H]1O[C@H]([C@H](CO)NC(=O)Nc2ccccc2)[C@@H](O)[C@H]1O. The molecule has 0 saturated carbocycles. The number of para-hydroxylation sites is 1. The highest BCUT2D eigenvalue weighted by atomic mass is 16.7. The Labute approximate surface area is 127 Å². The van der Waals surface area contributed by atoms with Crippen LogP contribution in [0.2, 0.25) is 0 Å². The van der Waals surface area contributed by atoms with E-state index in [1.54, 1.807) is 24.3 Å². The van der Waals surface area contributed by atoms with E-state index in [0.717, 1.165) is 0 Å². The predicted molar refractivity (Wildman–Crippen MR) is 77.2 cm³/mol. The number of rotatable bonds is 5. The molecule has 0 radical (unpaired) electrons. The summed E-state index contributed by atoms with van der Waals surface area (Å²) >= 11 is 0. The van der Waals surface area contributed by atoms with Crippen LogP contribution in [-0.4, -0.2) is 65.7 Å². The smallest absolute Gasteiger partial charge is 0.319 e. The van der Waals surface area contributed by atoms with Crippen LogP contribution in [0.25, 0.3) is 0 Å². The third kappa shape index (κ3) is 3.73. The number of aliphatic hydroxyl groups excluding tert-OH is 3. The second-order valence-electron chi connectivity index (χ2n) is 4.94. The van der Waals surface area contributed by atoms with Crippen LogP contribution < -0.4 is 10.6 Å². The summed E-state index contributed by atoms with van der Waals surface area (Å²) in [6, 6.07) is 7.31. The van der Waals surface area contributed by atoms with Gasteiger partial charge in [-0.05, 0) is 12.1 Å². The Bertz CT molecular complexity index is 485. The molecule has 5 N–H and O–H groups in total. The molecule has 22 heavy (non-hydrogen) atoms. The van der Waals surface area contributed by atoms with Gasteiger partial charge in [-0.15, -0.1) is 0 Å². The zero-order valence-electron chi connectivity index (χ0n) is 12.0. The average Bonchev–Trinajstić information content (AvgIpc) is 2.81. The maximum absolute atomic E-state index is 11.9. The number of nitrogens with one attached hydrogen (secondary N) is 2. The van der Waals surface area contributed by atoms with Crippen LogP contribution in [0, 0.1) is 0 Å². The lowest BCUT2D eigenvalue weighted by atomic mass is 10.0. The Hall–Kier alpha value is -1.71. The topological polar surface area (TPSA) is 120 Å². The Morgan fingerprint density at radius 2 is 2.00 bits per heavy atom. The summed E-state index contributed by atoms with van der Waals surface area (Å²) in [5.74, 6) is 0. The lowest BCUT2D eigenvalue weighted by molar-refractivity contribution is -0.153. The van der Waals surface area contributed by atoms with Crippen molar-refractivity contribution in [2.24, 2.45) is 0 Å². The number of hydrogen-bond donors (Lipinski definition) is 5. The van der Waals surface area contributed by atoms with Crippen LogP contribution in [0.15, 0.2) is 30.3 Å². The van der Waals surface area contributed by atoms with E-state index < -0.39 is 43.3 Å². The molecule has 122 valence electrons. The van der Waals surface area contributed by atoms with E-state index >= 15 is 0 Å². The zero-order valence-corrected chi connectivity index (χ0v) is 12.0. The molecule has 0 spiro atoms. The molecule has 0 unspecified atom stereocenters. The van der Waals surface area contributed by atoms with Crippen LogP contribution in [0.1, 0.15) is 0 Å². The van der Waals surface area contributed by atoms with Crippen molar-refractivity contribution in [1.82, 2.24) is 5.32 Å². The summed E-state index contributed by atoms with van der Waals surface area (Å²) < 4.78 is 10.2. The number of anilines is 1. The first-order valence-electron chi connectivity index (χ1n) is 6.84. The van der Waals surface area contributed by atoms with Crippen LogP contribution in [0.3, 0.4) is 0 Å². The fourth-order valence-electron chi connectivity index (χ4n) is 2.29. The minimum absolute atomic E-state index is 0.465. The largest absolute Gasteiger partial charge is 0.394 e. The molecule has 1 fully saturated rings. The van der Waals surface area contributed by atoms with Gasteiger partial charge in [-0.25, -0.2) is 4.79 Å². The first-order valence-corrected chi connectivity index (χ1v) is 6.84. The van der Waals surface area contributed by atoms with E-state index in [-0.39, 0.29) is 0 Å². The van der Waals surface area contributed by atoms with Gasteiger partial charge >= 0.3 is 6.03 Å². The summed E-state index contributed by atoms with van der Waals surface area (Å²) in [4.78, 5) is 11.9. The molecule has 8 nitrogen and oxygen atoms in total. The molecule has 1 heterocycles. The van der Waals surface area contributed by atoms with Crippen molar-refractivity contribution >= 4 is 11.7 Å². The fraction of sp³-hybridized carbons (Fsp3) is 0.500. The molecule has 1 aromatic carbocycles. The molecule has 2 rings (SSSR count). The highest BCUT2D eigenvalue weighted by molar-refractivity contribution is 5.89. The number of carbonyl (C=O) groups is 1. The summed E-state index contributed by atoms with van der Waals surface area (Å²) in [5.41, 5.74) is 0.583. The second kappa shape index (κ2) is 7.52. The first kappa shape index (κ1) is 16.7. The summed E-state index contributed by atoms with van der Waals surface area (Å²) in [6.45, 7) is -0.465.